The van der Waals surface area contributed by atoms with Gasteiger partial charge in [-0.2, -0.15) is 0 Å². The second-order valence-corrected chi connectivity index (χ2v) is 10.3. The summed E-state index contributed by atoms with van der Waals surface area (Å²) < 4.78 is 6.72. The van der Waals surface area contributed by atoms with Crippen LogP contribution in [0.25, 0.3) is 0 Å². The van der Waals surface area contributed by atoms with Crippen LogP contribution in [0.4, 0.5) is 0 Å². The molecule has 0 fully saturated rings. The molecule has 0 aromatic heterocycles. The minimum atomic E-state index is 0. The Morgan fingerprint density at radius 3 is 0.917 bits per heavy atom. The van der Waals surface area contributed by atoms with Crippen molar-refractivity contribution in [2.75, 3.05) is 0 Å². The average molecular weight is 429 g/mol. The van der Waals surface area contributed by atoms with Crippen molar-refractivity contribution >= 4 is 0 Å². The Kier molecular flexibility index (Phi) is 11.3. The van der Waals surface area contributed by atoms with Crippen LogP contribution < -0.4 is 24.8 Å². The maximum atomic E-state index is 2.29. The summed E-state index contributed by atoms with van der Waals surface area (Å²) in [5.74, 6) is 0. The van der Waals surface area contributed by atoms with Crippen LogP contribution in [0.1, 0.15) is 28.5 Å². The summed E-state index contributed by atoms with van der Waals surface area (Å²) in [5, 5.41) is 0. The molecule has 4 aliphatic rings. The molecule has 0 spiro atoms. The van der Waals surface area contributed by atoms with Gasteiger partial charge in [-0.15, -0.1) is 0 Å². The van der Waals surface area contributed by atoms with E-state index in [0.29, 0.717) is 0 Å². The van der Waals surface area contributed by atoms with E-state index < -0.39 is 0 Å². The molecular weight excluding hydrogens is 407 g/mol. The van der Waals surface area contributed by atoms with Gasteiger partial charge in [0.25, 0.3) is 0 Å². The van der Waals surface area contributed by atoms with Gasteiger partial charge in [-0.25, -0.2) is 0 Å². The standard InChI is InChI=1S/4C5H5.2ClH.2Ti.2H/c4*1-2-4-5-3-1;;;;;;/h4*1-3H,4H2;2*1H;;;;/q;;;;;;2*+2;2*-1/p-2. The van der Waals surface area contributed by atoms with Crippen molar-refractivity contribution in [1.82, 2.24) is 0 Å². The fraction of sp³-hybridized carbons (Fsp3) is 0.200. The second kappa shape index (κ2) is 12.3. The van der Waals surface area contributed by atoms with E-state index in [4.69, 9.17) is 0 Å². The zero-order valence-corrected chi connectivity index (χ0v) is 18.1. The second-order valence-electron chi connectivity index (χ2n) is 5.55. The maximum Gasteiger partial charge on any atom is -1.00 e. The molecule has 0 aliphatic heterocycles. The van der Waals surface area contributed by atoms with Gasteiger partial charge in [0.15, 0.2) is 0 Å². The SMILES string of the molecule is C1=CC[C]([Ti+2][C]2=CC=CC2)=C1.C1=CC[C]([Ti+2][C]2=CC=CC2)=C1.[Cl-].[Cl-].[H-].[H-]. The summed E-state index contributed by atoms with van der Waals surface area (Å²) in [4.78, 5) is 0. The Bertz CT molecular complexity index is 555. The first kappa shape index (κ1) is 22.0. The van der Waals surface area contributed by atoms with Gasteiger partial charge in [0, 0.05) is 0 Å². The first-order valence-corrected chi connectivity index (χ1v) is 11.0. The van der Waals surface area contributed by atoms with E-state index in [-0.39, 0.29) is 66.0 Å². The molecule has 0 unspecified atom stereocenters. The number of hydrogen-bond acceptors (Lipinski definition) is 0. The predicted octanol–water partition coefficient (Wildman–Crippen LogP) is -0.254. The molecule has 0 aromatic rings. The molecule has 4 rings (SSSR count). The van der Waals surface area contributed by atoms with Gasteiger partial charge in [-0.1, -0.05) is 0 Å². The van der Waals surface area contributed by atoms with E-state index in [1.165, 1.54) is 25.7 Å². The maximum absolute atomic E-state index is 2.29. The van der Waals surface area contributed by atoms with E-state index in [0.717, 1.165) is 0 Å². The van der Waals surface area contributed by atoms with Crippen molar-refractivity contribution in [2.24, 2.45) is 0 Å². The molecule has 0 atom stereocenters. The molecule has 0 amide bonds. The zero-order chi connectivity index (χ0) is 15.0. The monoisotopic (exact) mass is 428 g/mol. The van der Waals surface area contributed by atoms with Crippen molar-refractivity contribution in [1.29, 1.82) is 0 Å². The first-order valence-electron chi connectivity index (χ1n) is 7.87. The molecule has 0 saturated carbocycles. The smallest absolute Gasteiger partial charge is 1.00 e. The van der Waals surface area contributed by atoms with Crippen LogP contribution >= 0.6 is 0 Å². The van der Waals surface area contributed by atoms with E-state index in [2.05, 4.69) is 72.9 Å². The van der Waals surface area contributed by atoms with Crippen molar-refractivity contribution in [3.8, 4) is 0 Å². The van der Waals surface area contributed by atoms with Crippen LogP contribution in [-0.2, 0) is 38.3 Å². The summed E-state index contributed by atoms with van der Waals surface area (Å²) in [5.41, 5.74) is 0. The molecule has 4 aliphatic carbocycles. The Morgan fingerprint density at radius 1 is 0.500 bits per heavy atom. The van der Waals surface area contributed by atoms with Gasteiger partial charge in [-0.3, -0.25) is 0 Å². The predicted molar refractivity (Wildman–Crippen MR) is 89.6 cm³/mol. The van der Waals surface area contributed by atoms with Gasteiger partial charge < -0.3 is 27.7 Å². The molecule has 0 radical (unpaired) electrons. The van der Waals surface area contributed by atoms with Crippen LogP contribution in [0.15, 0.2) is 88.4 Å². The molecule has 0 saturated heterocycles. The van der Waals surface area contributed by atoms with Crippen molar-refractivity contribution in [3.05, 3.63) is 88.4 Å². The fourth-order valence-electron chi connectivity index (χ4n) is 2.57. The summed E-state index contributed by atoms with van der Waals surface area (Å²) in [7, 11) is 0. The Labute approximate surface area is 179 Å². The molecular formula is C20H22Cl2Ti2. The van der Waals surface area contributed by atoms with Gasteiger partial charge >= 0.3 is 152 Å². The topological polar surface area (TPSA) is 0 Å². The molecule has 124 valence electrons. The number of hydrogen-bond donors (Lipinski definition) is 0. The largest absolute Gasteiger partial charge is 1.00 e. The van der Waals surface area contributed by atoms with Gasteiger partial charge in [0.2, 0.25) is 0 Å². The van der Waals surface area contributed by atoms with Gasteiger partial charge in [-0.05, 0) is 0 Å². The minimum absolute atomic E-state index is 0. The Balaban J connectivity index is 0. The van der Waals surface area contributed by atoms with E-state index in [9.17, 15) is 0 Å². The Hall–Kier alpha value is -0.0714. The van der Waals surface area contributed by atoms with Crippen LogP contribution in [0.3, 0.4) is 0 Å². The van der Waals surface area contributed by atoms with E-state index in [1.54, 1.807) is 15.5 Å². The average Bonchev–Trinajstić information content (AvgIpc) is 3.31. The van der Waals surface area contributed by atoms with E-state index >= 15 is 0 Å². The third-order valence-corrected chi connectivity index (χ3v) is 8.05. The van der Waals surface area contributed by atoms with Crippen LogP contribution in [0.5, 0.6) is 0 Å². The molecule has 0 nitrogen and oxygen atoms in total. The van der Waals surface area contributed by atoms with Gasteiger partial charge in [0.1, 0.15) is 0 Å². The normalized spacial score (nSPS) is 18.3. The van der Waals surface area contributed by atoms with Crippen molar-refractivity contribution in [3.63, 3.8) is 0 Å². The molecule has 24 heavy (non-hydrogen) atoms. The van der Waals surface area contributed by atoms with Crippen molar-refractivity contribution in [2.45, 2.75) is 25.7 Å². The van der Waals surface area contributed by atoms with Crippen LogP contribution in [-0.4, -0.2) is 0 Å². The number of rotatable bonds is 4. The zero-order valence-electron chi connectivity index (χ0n) is 15.5. The number of halogens is 2. The fourth-order valence-corrected chi connectivity index (χ4v) is 6.36. The molecule has 0 aromatic carbocycles. The van der Waals surface area contributed by atoms with E-state index in [1.807, 2.05) is 0 Å². The minimum Gasteiger partial charge on any atom is -1.00 e. The summed E-state index contributed by atoms with van der Waals surface area (Å²) >= 11 is 0.167. The molecule has 0 N–H and O–H groups in total. The number of allylic oxidation sites excluding steroid dienone is 16. The third kappa shape index (κ3) is 7.44. The molecule has 4 heteroatoms. The quantitative estimate of drug-likeness (QED) is 0.541. The van der Waals surface area contributed by atoms with Crippen LogP contribution in [0, 0.1) is 0 Å². The summed E-state index contributed by atoms with van der Waals surface area (Å²) in [6.07, 6.45) is 31.8. The molecule has 0 bridgehead atoms. The Morgan fingerprint density at radius 2 is 0.750 bits per heavy atom. The summed E-state index contributed by atoms with van der Waals surface area (Å²) in [6.45, 7) is 0. The van der Waals surface area contributed by atoms with Crippen LogP contribution in [0.2, 0.25) is 0 Å². The molecule has 0 heterocycles. The first-order chi connectivity index (χ1) is 10.9. The van der Waals surface area contributed by atoms with Crippen molar-refractivity contribution < 1.29 is 66.0 Å². The third-order valence-electron chi connectivity index (χ3n) is 3.73. The summed E-state index contributed by atoms with van der Waals surface area (Å²) in [6, 6.07) is 0. The van der Waals surface area contributed by atoms with Gasteiger partial charge in [0.05, 0.1) is 0 Å².